The van der Waals surface area contributed by atoms with Crippen LogP contribution in [0.25, 0.3) is 0 Å². The molecule has 1 saturated heterocycles. The van der Waals surface area contributed by atoms with Crippen molar-refractivity contribution in [3.8, 4) is 0 Å². The van der Waals surface area contributed by atoms with Crippen molar-refractivity contribution in [2.45, 2.75) is 109 Å². The summed E-state index contributed by atoms with van der Waals surface area (Å²) in [5, 5.41) is 12.7. The van der Waals surface area contributed by atoms with E-state index in [9.17, 15) is 32.4 Å². The van der Waals surface area contributed by atoms with Gasteiger partial charge in [-0.15, -0.1) is 17.9 Å². The molecule has 2 heterocycles. The molecule has 5 amide bonds. The van der Waals surface area contributed by atoms with Crippen LogP contribution in [0.2, 0.25) is 0 Å². The van der Waals surface area contributed by atoms with Gasteiger partial charge in [0, 0.05) is 26.2 Å². The van der Waals surface area contributed by atoms with Crippen LogP contribution in [0, 0.1) is 28.6 Å². The highest BCUT2D eigenvalue weighted by atomic mass is 32.2. The molecule has 3 aliphatic rings. The molecular formula is C38H58N6O7S2. The van der Waals surface area contributed by atoms with Gasteiger partial charge in [-0.2, -0.15) is 4.31 Å². The monoisotopic (exact) mass is 774 g/mol. The molecule has 4 rings (SSSR count). The summed E-state index contributed by atoms with van der Waals surface area (Å²) in [6.07, 6.45) is 4.95. The van der Waals surface area contributed by atoms with E-state index in [0.29, 0.717) is 25.1 Å². The fourth-order valence-electron chi connectivity index (χ4n) is 7.23. The van der Waals surface area contributed by atoms with Gasteiger partial charge < -0.3 is 26.2 Å². The number of amides is 5. The molecule has 13 nitrogen and oxygen atoms in total. The zero-order valence-electron chi connectivity index (χ0n) is 32.2. The number of piperidine rings is 1. The molecule has 4 N–H and O–H groups in total. The van der Waals surface area contributed by atoms with Gasteiger partial charge in [-0.25, -0.2) is 13.2 Å². The second kappa shape index (κ2) is 16.8. The number of ketones is 1. The molecule has 6 atom stereocenters. The van der Waals surface area contributed by atoms with E-state index >= 15 is 0 Å². The largest absolute Gasteiger partial charge is 0.346 e. The third kappa shape index (κ3) is 9.96. The lowest BCUT2D eigenvalue weighted by Gasteiger charge is -2.38. The Morgan fingerprint density at radius 2 is 1.79 bits per heavy atom. The van der Waals surface area contributed by atoms with E-state index in [1.54, 1.807) is 24.4 Å². The van der Waals surface area contributed by atoms with E-state index < -0.39 is 69.1 Å². The van der Waals surface area contributed by atoms with Crippen LogP contribution in [0.3, 0.4) is 0 Å². The van der Waals surface area contributed by atoms with E-state index in [0.717, 1.165) is 30.6 Å². The molecule has 1 aliphatic heterocycles. The van der Waals surface area contributed by atoms with Gasteiger partial charge in [0.05, 0.1) is 12.1 Å². The Morgan fingerprint density at radius 1 is 1.11 bits per heavy atom. The van der Waals surface area contributed by atoms with Crippen molar-refractivity contribution in [1.29, 1.82) is 0 Å². The van der Waals surface area contributed by atoms with Crippen LogP contribution in [-0.2, 0) is 29.2 Å². The first-order valence-corrected chi connectivity index (χ1v) is 20.9. The third-order valence-corrected chi connectivity index (χ3v) is 14.0. The first kappa shape index (κ1) is 42.2. The Balaban J connectivity index is 1.52. The van der Waals surface area contributed by atoms with Crippen molar-refractivity contribution < 1.29 is 32.4 Å². The number of hydrogen-bond donors (Lipinski definition) is 4. The minimum atomic E-state index is -3.81. The quantitative estimate of drug-likeness (QED) is 0.122. The van der Waals surface area contributed by atoms with Gasteiger partial charge in [-0.3, -0.25) is 19.2 Å². The van der Waals surface area contributed by atoms with Gasteiger partial charge in [0.15, 0.2) is 0 Å². The van der Waals surface area contributed by atoms with Crippen LogP contribution >= 0.6 is 11.3 Å². The number of unbranched alkanes of at least 4 members (excludes halogenated alkanes) is 1. The number of sulfonamides is 1. The molecule has 3 fully saturated rings. The Labute approximate surface area is 318 Å². The molecule has 294 valence electrons. The first-order chi connectivity index (χ1) is 24.7. The van der Waals surface area contributed by atoms with Crippen LogP contribution in [0.1, 0.15) is 80.6 Å². The van der Waals surface area contributed by atoms with E-state index in [2.05, 4.69) is 34.4 Å². The predicted molar refractivity (Wildman–Crippen MR) is 205 cm³/mol. The number of fused-ring (bicyclic) bond motifs is 1. The Morgan fingerprint density at radius 3 is 2.34 bits per heavy atom. The zero-order chi connectivity index (χ0) is 39.5. The van der Waals surface area contributed by atoms with Crippen molar-refractivity contribution in [1.82, 2.24) is 30.5 Å². The maximum atomic E-state index is 14.5. The number of urea groups is 1. The lowest BCUT2D eigenvalue weighted by molar-refractivity contribution is -0.145. The predicted octanol–water partition coefficient (Wildman–Crippen LogP) is 3.84. The van der Waals surface area contributed by atoms with Crippen molar-refractivity contribution in [3.63, 3.8) is 0 Å². The molecule has 2 saturated carbocycles. The SMILES string of the molecule is C=CCNC(=O)C(=O)C(CCCC)NC(=O)[C@@H]1[C@@H]2[C@H](CN1C(=O)[C@@H](NC(=O)N[C@H](CN(CC1CC1)S(=O)(=O)c1cccs1)C(=C)C)C(C)(C)C)C2(C)C. The molecular weight excluding hydrogens is 717 g/mol. The minimum Gasteiger partial charge on any atom is -0.346 e. The topological polar surface area (TPSA) is 174 Å². The molecule has 0 aromatic carbocycles. The summed E-state index contributed by atoms with van der Waals surface area (Å²) in [6.45, 7) is 21.5. The van der Waals surface area contributed by atoms with Gasteiger partial charge in [-0.05, 0) is 66.2 Å². The van der Waals surface area contributed by atoms with Crippen LogP contribution < -0.4 is 21.3 Å². The van der Waals surface area contributed by atoms with Crippen LogP contribution in [0.15, 0.2) is 46.5 Å². The summed E-state index contributed by atoms with van der Waals surface area (Å²) < 4.78 is 28.8. The van der Waals surface area contributed by atoms with Crippen LogP contribution in [-0.4, -0.2) is 97.5 Å². The number of carbonyl (C=O) groups is 5. The number of rotatable bonds is 19. The van der Waals surface area contributed by atoms with Gasteiger partial charge in [0.25, 0.3) is 15.9 Å². The minimum absolute atomic E-state index is 0.0238. The lowest BCUT2D eigenvalue weighted by atomic mass is 9.85. The van der Waals surface area contributed by atoms with Crippen LogP contribution in [0.4, 0.5) is 4.79 Å². The van der Waals surface area contributed by atoms with E-state index in [-0.39, 0.29) is 46.9 Å². The molecule has 15 heteroatoms. The second-order valence-corrected chi connectivity index (χ2v) is 19.6. The van der Waals surface area contributed by atoms with Gasteiger partial charge in [0.2, 0.25) is 17.6 Å². The highest BCUT2D eigenvalue weighted by molar-refractivity contribution is 7.91. The summed E-state index contributed by atoms with van der Waals surface area (Å²) >= 11 is 1.14. The normalized spacial score (nSPS) is 22.2. The number of nitrogens with one attached hydrogen (secondary N) is 4. The fourth-order valence-corrected chi connectivity index (χ4v) is 9.90. The maximum absolute atomic E-state index is 14.5. The van der Waals surface area contributed by atoms with Crippen molar-refractivity contribution in [2.24, 2.45) is 28.6 Å². The first-order valence-electron chi connectivity index (χ1n) is 18.5. The van der Waals surface area contributed by atoms with E-state index in [1.165, 1.54) is 15.3 Å². The second-order valence-electron chi connectivity index (χ2n) is 16.5. The number of thiophene rings is 1. The zero-order valence-corrected chi connectivity index (χ0v) is 33.8. The van der Waals surface area contributed by atoms with Crippen LogP contribution in [0.5, 0.6) is 0 Å². The standard InChI is InChI=1S/C38H58N6O7S2/c1-10-12-14-26(31(45)34(47)39-18-11-2)40-33(46)30-29-25(38(29,8)9)21-44(30)35(48)32(37(5,6)7)42-36(49)41-27(23(3)4)22-43(20-24-16-17-24)53(50,51)28-15-13-19-52-28/h11,13,15,19,24-27,29-30,32H,2-3,10,12,14,16-18,20-22H2,1,4-9H3,(H,39,47)(H,40,46)(H2,41,42,49)/t25-,26?,27+,29-,30-,32+/m0/s1. The molecule has 53 heavy (non-hydrogen) atoms. The number of carbonyl (C=O) groups excluding carboxylic acids is 5. The molecule has 0 radical (unpaired) electrons. The van der Waals surface area contributed by atoms with E-state index in [1.807, 2.05) is 41.5 Å². The average Bonchev–Trinajstić information content (AvgIpc) is 3.77. The molecule has 0 bridgehead atoms. The molecule has 1 aromatic rings. The maximum Gasteiger partial charge on any atom is 0.315 e. The Hall–Kier alpha value is -3.56. The molecule has 2 aliphatic carbocycles. The summed E-state index contributed by atoms with van der Waals surface area (Å²) in [5.74, 6) is -2.41. The number of hydrogen-bond acceptors (Lipinski definition) is 8. The number of likely N-dealkylation sites (tertiary alicyclic amines) is 1. The fraction of sp³-hybridized carbons (Fsp3) is 0.658. The van der Waals surface area contributed by atoms with Crippen molar-refractivity contribution in [3.05, 3.63) is 42.3 Å². The van der Waals surface area contributed by atoms with Crippen molar-refractivity contribution >= 4 is 50.9 Å². The van der Waals surface area contributed by atoms with Gasteiger partial charge in [0.1, 0.15) is 16.3 Å². The third-order valence-electron chi connectivity index (χ3n) is 10.8. The number of nitrogens with zero attached hydrogens (tertiary/aromatic N) is 2. The Kier molecular flexibility index (Phi) is 13.4. The highest BCUT2D eigenvalue weighted by Gasteiger charge is 2.70. The highest BCUT2D eigenvalue weighted by Crippen LogP contribution is 2.65. The Bertz CT molecular complexity index is 1660. The lowest BCUT2D eigenvalue weighted by Crippen LogP contribution is -2.62. The summed E-state index contributed by atoms with van der Waals surface area (Å²) in [6, 6.07) is -1.21. The molecule has 1 aromatic heterocycles. The van der Waals surface area contributed by atoms with Crippen molar-refractivity contribution in [2.75, 3.05) is 26.2 Å². The number of Topliss-reactive ketones (excluding diaryl/α,β-unsaturated/α-hetero) is 1. The van der Waals surface area contributed by atoms with E-state index in [4.69, 9.17) is 0 Å². The average molecular weight is 775 g/mol. The summed E-state index contributed by atoms with van der Waals surface area (Å²) in [4.78, 5) is 69.5. The smallest absolute Gasteiger partial charge is 0.315 e. The summed E-state index contributed by atoms with van der Waals surface area (Å²) in [5.41, 5.74) is -0.472. The van der Waals surface area contributed by atoms with Gasteiger partial charge in [-0.1, -0.05) is 78.7 Å². The van der Waals surface area contributed by atoms with Gasteiger partial charge >= 0.3 is 6.03 Å². The summed E-state index contributed by atoms with van der Waals surface area (Å²) in [7, 11) is -3.81. The molecule has 1 unspecified atom stereocenters. The molecule has 0 spiro atoms.